The van der Waals surface area contributed by atoms with Crippen LogP contribution < -0.4 is 0 Å². The molecule has 0 unspecified atom stereocenters. The molecule has 0 aliphatic heterocycles. The van der Waals surface area contributed by atoms with Gasteiger partial charge in [-0.3, -0.25) is 14.4 Å². The van der Waals surface area contributed by atoms with Crippen molar-refractivity contribution in [2.24, 2.45) is 0 Å². The number of pyridine rings is 1. The minimum Gasteiger partial charge on any atom is -0.505 e. The molecule has 0 saturated carbocycles. The molecule has 0 fully saturated rings. The quantitative estimate of drug-likeness (QED) is 0.409. The predicted molar refractivity (Wildman–Crippen MR) is 103 cm³/mol. The molecule has 0 radical (unpaired) electrons. The molecular weight excluding hydrogens is 418 g/mol. The van der Waals surface area contributed by atoms with Crippen LogP contribution in [0.25, 0.3) is 0 Å². The number of hydrogen-bond acceptors (Lipinski definition) is 7. The van der Waals surface area contributed by atoms with Gasteiger partial charge in [0, 0.05) is 11.8 Å². The highest BCUT2D eigenvalue weighted by Crippen LogP contribution is 2.27. The fourth-order valence-corrected chi connectivity index (χ4v) is 2.51. The molecule has 27 heavy (non-hydrogen) atoms. The molecule has 0 aromatic carbocycles. The maximum atomic E-state index is 12.2. The van der Waals surface area contributed by atoms with Gasteiger partial charge in [-0.15, -0.1) is 0 Å². The first-order chi connectivity index (χ1) is 12.2. The summed E-state index contributed by atoms with van der Waals surface area (Å²) in [6.07, 6.45) is 0.810. The Hall–Kier alpha value is -1.96. The monoisotopic (exact) mass is 443 g/mol. The van der Waals surface area contributed by atoms with Crippen molar-refractivity contribution in [3.05, 3.63) is 23.0 Å². The van der Waals surface area contributed by atoms with Gasteiger partial charge in [-0.25, -0.2) is 4.98 Å². The number of ketones is 1. The average molecular weight is 444 g/mol. The van der Waals surface area contributed by atoms with Gasteiger partial charge in [0.2, 0.25) is 0 Å². The number of carbonyl (C=O) groups is 3. The first kappa shape index (κ1) is 23.1. The summed E-state index contributed by atoms with van der Waals surface area (Å²) in [6.45, 7) is 10.4. The Morgan fingerprint density at radius 1 is 1.00 bits per heavy atom. The second-order valence-electron chi connectivity index (χ2n) is 8.04. The van der Waals surface area contributed by atoms with E-state index in [4.69, 9.17) is 9.47 Å². The highest BCUT2D eigenvalue weighted by Gasteiger charge is 2.25. The fourth-order valence-electron chi connectivity index (χ4n) is 2.25. The smallest absolute Gasteiger partial charge is 0.310 e. The van der Waals surface area contributed by atoms with E-state index in [1.54, 1.807) is 41.5 Å². The Morgan fingerprint density at radius 3 is 1.93 bits per heavy atom. The molecule has 0 amide bonds. The number of ether oxygens (including phenoxy) is 2. The molecule has 0 aliphatic rings. The molecule has 0 bridgehead atoms. The molecule has 150 valence electrons. The van der Waals surface area contributed by atoms with E-state index in [-0.39, 0.29) is 29.4 Å². The fraction of sp³-hybridized carbons (Fsp3) is 0.579. The van der Waals surface area contributed by atoms with Gasteiger partial charge in [-0.1, -0.05) is 15.9 Å². The lowest BCUT2D eigenvalue weighted by atomic mass is 10.0. The molecule has 8 heteroatoms. The number of aromatic hydroxyl groups is 1. The van der Waals surface area contributed by atoms with Gasteiger partial charge in [-0.2, -0.15) is 0 Å². The molecule has 1 rings (SSSR count). The minimum absolute atomic E-state index is 0.0369. The Morgan fingerprint density at radius 2 is 1.48 bits per heavy atom. The SMILES string of the molecule is CC(C)(C)OC(=O)Cc1cnc(C(=O)CBr)c(O)c1CC(=O)OC(C)(C)C. The van der Waals surface area contributed by atoms with E-state index in [0.717, 1.165) is 0 Å². The summed E-state index contributed by atoms with van der Waals surface area (Å²) in [6, 6.07) is 0. The van der Waals surface area contributed by atoms with E-state index in [2.05, 4.69) is 20.9 Å². The largest absolute Gasteiger partial charge is 0.505 e. The van der Waals surface area contributed by atoms with Crippen molar-refractivity contribution in [1.29, 1.82) is 0 Å². The molecule has 1 heterocycles. The maximum absolute atomic E-state index is 12.2. The van der Waals surface area contributed by atoms with Crippen LogP contribution in [-0.4, -0.2) is 44.3 Å². The van der Waals surface area contributed by atoms with E-state index in [1.165, 1.54) is 6.20 Å². The number of carbonyl (C=O) groups excluding carboxylic acids is 3. The van der Waals surface area contributed by atoms with Crippen molar-refractivity contribution < 1.29 is 29.0 Å². The molecule has 0 spiro atoms. The van der Waals surface area contributed by atoms with Gasteiger partial charge in [0.15, 0.2) is 5.78 Å². The van der Waals surface area contributed by atoms with Crippen LogP contribution in [0.1, 0.15) is 63.2 Å². The van der Waals surface area contributed by atoms with Crippen LogP contribution >= 0.6 is 15.9 Å². The van der Waals surface area contributed by atoms with Crippen molar-refractivity contribution in [3.8, 4) is 5.75 Å². The number of halogens is 1. The zero-order valence-electron chi connectivity index (χ0n) is 16.5. The highest BCUT2D eigenvalue weighted by atomic mass is 79.9. The van der Waals surface area contributed by atoms with E-state index >= 15 is 0 Å². The number of esters is 2. The van der Waals surface area contributed by atoms with Crippen molar-refractivity contribution in [1.82, 2.24) is 4.98 Å². The Kier molecular flexibility index (Phi) is 7.54. The summed E-state index contributed by atoms with van der Waals surface area (Å²) in [4.78, 5) is 40.3. The third kappa shape index (κ3) is 7.66. The average Bonchev–Trinajstić information content (AvgIpc) is 2.46. The number of nitrogens with zero attached hydrogens (tertiary/aromatic N) is 1. The highest BCUT2D eigenvalue weighted by molar-refractivity contribution is 9.09. The first-order valence-corrected chi connectivity index (χ1v) is 9.58. The van der Waals surface area contributed by atoms with Gasteiger partial charge < -0.3 is 14.6 Å². The number of alkyl halides is 1. The Labute approximate surface area is 167 Å². The number of hydrogen-bond donors (Lipinski definition) is 1. The normalized spacial score (nSPS) is 11.8. The molecular formula is C19H26BrNO6. The Bertz CT molecular complexity index is 731. The molecule has 1 aromatic rings. The van der Waals surface area contributed by atoms with Crippen molar-refractivity contribution in [3.63, 3.8) is 0 Å². The van der Waals surface area contributed by atoms with Gasteiger partial charge in [0.1, 0.15) is 22.6 Å². The standard InChI is InChI=1S/C19H26BrNO6/c1-18(2,3)26-14(23)7-11-10-21-16(13(22)9-20)17(25)12(11)8-15(24)27-19(4,5)6/h10,25H,7-9H2,1-6H3. The molecule has 1 aromatic heterocycles. The lowest BCUT2D eigenvalue weighted by Crippen LogP contribution is -2.27. The van der Waals surface area contributed by atoms with Crippen LogP contribution in [-0.2, 0) is 31.9 Å². The molecule has 7 nitrogen and oxygen atoms in total. The molecule has 0 atom stereocenters. The maximum Gasteiger partial charge on any atom is 0.310 e. The molecule has 0 aliphatic carbocycles. The summed E-state index contributed by atoms with van der Waals surface area (Å²) in [5.41, 5.74) is -1.12. The van der Waals surface area contributed by atoms with Gasteiger partial charge in [0.25, 0.3) is 0 Å². The number of aromatic nitrogens is 1. The van der Waals surface area contributed by atoms with E-state index in [9.17, 15) is 19.5 Å². The number of Topliss-reactive ketones (excluding diaryl/α,β-unsaturated/α-hetero) is 1. The van der Waals surface area contributed by atoms with E-state index < -0.39 is 34.7 Å². The summed E-state index contributed by atoms with van der Waals surface area (Å²) < 4.78 is 10.6. The lowest BCUT2D eigenvalue weighted by Gasteiger charge is -2.21. The lowest BCUT2D eigenvalue weighted by molar-refractivity contribution is -0.155. The van der Waals surface area contributed by atoms with Crippen LogP contribution in [0.5, 0.6) is 5.75 Å². The van der Waals surface area contributed by atoms with Gasteiger partial charge in [0.05, 0.1) is 18.2 Å². The molecule has 1 N–H and O–H groups in total. The summed E-state index contributed by atoms with van der Waals surface area (Å²) >= 11 is 3.03. The third-order valence-electron chi connectivity index (χ3n) is 3.13. The van der Waals surface area contributed by atoms with Crippen LogP contribution in [0, 0.1) is 0 Å². The van der Waals surface area contributed by atoms with Crippen molar-refractivity contribution in [2.75, 3.05) is 5.33 Å². The Balaban J connectivity index is 3.25. The summed E-state index contributed by atoms with van der Waals surface area (Å²) in [7, 11) is 0. The minimum atomic E-state index is -0.709. The summed E-state index contributed by atoms with van der Waals surface area (Å²) in [5.74, 6) is -1.99. The summed E-state index contributed by atoms with van der Waals surface area (Å²) in [5, 5.41) is 10.5. The van der Waals surface area contributed by atoms with Crippen LogP contribution in [0.3, 0.4) is 0 Å². The van der Waals surface area contributed by atoms with Gasteiger partial charge >= 0.3 is 11.9 Å². The second-order valence-corrected chi connectivity index (χ2v) is 8.60. The zero-order valence-corrected chi connectivity index (χ0v) is 18.1. The van der Waals surface area contributed by atoms with E-state index in [0.29, 0.717) is 5.56 Å². The van der Waals surface area contributed by atoms with E-state index in [1.807, 2.05) is 0 Å². The van der Waals surface area contributed by atoms with Crippen LogP contribution in [0.15, 0.2) is 6.20 Å². The van der Waals surface area contributed by atoms with Crippen molar-refractivity contribution in [2.45, 2.75) is 65.6 Å². The predicted octanol–water partition coefficient (Wildman–Crippen LogP) is 3.13. The first-order valence-electron chi connectivity index (χ1n) is 8.46. The van der Waals surface area contributed by atoms with Crippen molar-refractivity contribution >= 4 is 33.7 Å². The van der Waals surface area contributed by atoms with Crippen LogP contribution in [0.2, 0.25) is 0 Å². The topological polar surface area (TPSA) is 103 Å². The number of rotatable bonds is 6. The molecule has 0 saturated heterocycles. The second kappa shape index (κ2) is 8.82. The van der Waals surface area contributed by atoms with Crippen LogP contribution in [0.4, 0.5) is 0 Å². The zero-order chi connectivity index (χ0) is 21.0. The van der Waals surface area contributed by atoms with Gasteiger partial charge in [-0.05, 0) is 47.1 Å². The third-order valence-corrected chi connectivity index (χ3v) is 3.64.